The molecule has 0 N–H and O–H groups in total. The molecule has 0 unspecified atom stereocenters. The first-order valence-electron chi connectivity index (χ1n) is 17.3. The van der Waals surface area contributed by atoms with E-state index >= 15 is 0 Å². The van der Waals surface area contributed by atoms with Crippen LogP contribution in [0.25, 0.3) is 0 Å². The predicted octanol–water partition coefficient (Wildman–Crippen LogP) is 11.9. The van der Waals surface area contributed by atoms with Crippen LogP contribution in [0, 0.1) is 0 Å². The number of aryl methyl sites for hydroxylation is 3. The number of unbranched alkanes of at least 4 members (excludes halogenated alkanes) is 22. The van der Waals surface area contributed by atoms with E-state index in [0.29, 0.717) is 0 Å². The van der Waals surface area contributed by atoms with Gasteiger partial charge in [-0.05, 0) is 38.2 Å². The van der Waals surface area contributed by atoms with Crippen LogP contribution in [-0.2, 0) is 19.4 Å². The van der Waals surface area contributed by atoms with Crippen LogP contribution in [0.2, 0.25) is 0 Å². The van der Waals surface area contributed by atoms with Crippen LogP contribution in [-0.4, -0.2) is 0 Å². The molecule has 1 rings (SSSR count). The Morgan fingerprint density at radius 3 is 1.03 bits per heavy atom. The lowest BCUT2D eigenvalue weighted by atomic mass is 10.0. The van der Waals surface area contributed by atoms with E-state index in [-0.39, 0.29) is 0 Å². The maximum absolute atomic E-state index is 2.55. The van der Waals surface area contributed by atoms with Crippen LogP contribution in [0.5, 0.6) is 0 Å². The molecule has 1 aromatic rings. The van der Waals surface area contributed by atoms with Crippen molar-refractivity contribution in [3.63, 3.8) is 0 Å². The van der Waals surface area contributed by atoms with Gasteiger partial charge in [-0.25, -0.2) is 4.57 Å². The molecule has 1 heteroatoms. The van der Waals surface area contributed by atoms with Crippen molar-refractivity contribution in [1.29, 1.82) is 0 Å². The summed E-state index contributed by atoms with van der Waals surface area (Å²) in [5.74, 6) is 0. The fourth-order valence-corrected chi connectivity index (χ4v) is 5.71. The minimum atomic E-state index is 1.21. The molecule has 37 heavy (non-hydrogen) atoms. The zero-order chi connectivity index (χ0) is 26.7. The zero-order valence-corrected chi connectivity index (χ0v) is 26.0. The molecule has 0 spiro atoms. The molecule has 0 atom stereocenters. The van der Waals surface area contributed by atoms with Crippen LogP contribution in [0.4, 0.5) is 0 Å². The summed E-state index contributed by atoms with van der Waals surface area (Å²) in [5, 5.41) is 0. The molecule has 0 aliphatic rings. The molecule has 0 fully saturated rings. The molecule has 216 valence electrons. The molecule has 0 aliphatic heterocycles. The largest absolute Gasteiger partial charge is 0.205 e. The highest BCUT2D eigenvalue weighted by molar-refractivity contribution is 5.15. The summed E-state index contributed by atoms with van der Waals surface area (Å²) in [6.07, 6.45) is 42.9. The third-order valence-corrected chi connectivity index (χ3v) is 8.19. The van der Waals surface area contributed by atoms with Crippen molar-refractivity contribution in [3.05, 3.63) is 29.6 Å². The Labute approximate surface area is 234 Å². The molecular formula is C36H68N+. The Balaban J connectivity index is 2.34. The van der Waals surface area contributed by atoms with E-state index in [1.165, 1.54) is 180 Å². The minimum absolute atomic E-state index is 1.21. The molecule has 1 nitrogen and oxygen atoms in total. The van der Waals surface area contributed by atoms with Crippen molar-refractivity contribution in [2.24, 2.45) is 0 Å². The van der Waals surface area contributed by atoms with Crippen molar-refractivity contribution < 1.29 is 4.57 Å². The van der Waals surface area contributed by atoms with E-state index in [2.05, 4.69) is 43.8 Å². The number of hydrogen-bond acceptors (Lipinski definition) is 0. The van der Waals surface area contributed by atoms with E-state index in [0.717, 1.165) is 0 Å². The van der Waals surface area contributed by atoms with Crippen LogP contribution >= 0.6 is 0 Å². The average molecular weight is 515 g/mol. The highest BCUT2D eigenvalue weighted by Crippen LogP contribution is 2.15. The van der Waals surface area contributed by atoms with Crippen LogP contribution in [0.1, 0.15) is 192 Å². The minimum Gasteiger partial charge on any atom is -0.205 e. The third kappa shape index (κ3) is 21.7. The molecule has 0 radical (unpaired) electrons. The van der Waals surface area contributed by atoms with Crippen molar-refractivity contribution in [2.75, 3.05) is 0 Å². The first kappa shape index (κ1) is 34.2. The summed E-state index contributed by atoms with van der Waals surface area (Å²) in [4.78, 5) is 0. The van der Waals surface area contributed by atoms with Gasteiger partial charge in [-0.2, -0.15) is 0 Å². The van der Waals surface area contributed by atoms with Gasteiger partial charge >= 0.3 is 0 Å². The maximum atomic E-state index is 2.55. The first-order valence-corrected chi connectivity index (χ1v) is 17.3. The summed E-state index contributed by atoms with van der Waals surface area (Å²) < 4.78 is 2.54. The standard InChI is InChI=1S/C36H68N/c1-4-7-10-13-15-17-19-21-23-26-29-35-32-36(34-37(33-35)31-28-25-12-9-6-3)30-27-24-22-20-18-16-14-11-8-5-2/h32-34H,4-31H2,1-3H3/q+1. The number of nitrogens with zero attached hydrogens (tertiary/aromatic N) is 1. The Kier molecular flexibility index (Phi) is 24.7. The summed E-state index contributed by atoms with van der Waals surface area (Å²) in [6, 6.07) is 2.55. The zero-order valence-electron chi connectivity index (χ0n) is 26.0. The molecule has 0 saturated carbocycles. The number of hydrogen-bond donors (Lipinski definition) is 0. The highest BCUT2D eigenvalue weighted by atomic mass is 14.9. The van der Waals surface area contributed by atoms with E-state index in [1.807, 2.05) is 0 Å². The molecule has 1 aromatic heterocycles. The van der Waals surface area contributed by atoms with Crippen molar-refractivity contribution in [2.45, 2.75) is 201 Å². The molecule has 0 aromatic carbocycles. The van der Waals surface area contributed by atoms with Crippen LogP contribution < -0.4 is 4.57 Å². The second-order valence-corrected chi connectivity index (χ2v) is 12.1. The van der Waals surface area contributed by atoms with Gasteiger partial charge < -0.3 is 0 Å². The fourth-order valence-electron chi connectivity index (χ4n) is 5.71. The van der Waals surface area contributed by atoms with Crippen molar-refractivity contribution >= 4 is 0 Å². The SMILES string of the molecule is CCCCCCCCCCCCc1cc(CCCCCCCCCCCC)c[n+](CCCCCCC)c1. The van der Waals surface area contributed by atoms with Gasteiger partial charge in [-0.3, -0.25) is 0 Å². The normalized spacial score (nSPS) is 11.4. The first-order chi connectivity index (χ1) is 18.3. The van der Waals surface area contributed by atoms with E-state index < -0.39 is 0 Å². The summed E-state index contributed by atoms with van der Waals surface area (Å²) >= 11 is 0. The lowest BCUT2D eigenvalue weighted by Gasteiger charge is -2.07. The Morgan fingerprint density at radius 2 is 0.676 bits per heavy atom. The maximum Gasteiger partial charge on any atom is 0.171 e. The summed E-state index contributed by atoms with van der Waals surface area (Å²) in [6.45, 7) is 8.14. The van der Waals surface area contributed by atoms with Gasteiger partial charge in [0, 0.05) is 17.5 Å². The van der Waals surface area contributed by atoms with E-state index in [1.54, 1.807) is 11.1 Å². The third-order valence-electron chi connectivity index (χ3n) is 8.19. The molecule has 1 heterocycles. The number of aromatic nitrogens is 1. The van der Waals surface area contributed by atoms with Gasteiger partial charge in [0.15, 0.2) is 12.4 Å². The molecular weight excluding hydrogens is 446 g/mol. The van der Waals surface area contributed by atoms with Gasteiger partial charge in [0.25, 0.3) is 0 Å². The lowest BCUT2D eigenvalue weighted by Crippen LogP contribution is -2.34. The predicted molar refractivity (Wildman–Crippen MR) is 166 cm³/mol. The Morgan fingerprint density at radius 1 is 0.378 bits per heavy atom. The Hall–Kier alpha value is -0.850. The van der Waals surface area contributed by atoms with Gasteiger partial charge in [0.1, 0.15) is 6.54 Å². The van der Waals surface area contributed by atoms with Crippen LogP contribution in [0.3, 0.4) is 0 Å². The molecule has 0 amide bonds. The summed E-state index contributed by atoms with van der Waals surface area (Å²) in [5.41, 5.74) is 3.19. The average Bonchev–Trinajstić information content (AvgIpc) is 2.90. The van der Waals surface area contributed by atoms with Crippen LogP contribution in [0.15, 0.2) is 18.5 Å². The fraction of sp³-hybridized carbons (Fsp3) is 0.861. The number of pyridine rings is 1. The van der Waals surface area contributed by atoms with Crippen molar-refractivity contribution in [3.8, 4) is 0 Å². The van der Waals surface area contributed by atoms with Gasteiger partial charge in [0.2, 0.25) is 0 Å². The topological polar surface area (TPSA) is 3.88 Å². The van der Waals surface area contributed by atoms with E-state index in [9.17, 15) is 0 Å². The summed E-state index contributed by atoms with van der Waals surface area (Å²) in [7, 11) is 0. The number of rotatable bonds is 28. The quantitative estimate of drug-likeness (QED) is 0.0773. The molecule has 0 aliphatic carbocycles. The second kappa shape index (κ2) is 26.7. The highest BCUT2D eigenvalue weighted by Gasteiger charge is 2.08. The Bertz CT molecular complexity index is 550. The lowest BCUT2D eigenvalue weighted by molar-refractivity contribution is -0.698. The van der Waals surface area contributed by atoms with Crippen molar-refractivity contribution in [1.82, 2.24) is 0 Å². The van der Waals surface area contributed by atoms with Gasteiger partial charge in [0.05, 0.1) is 0 Å². The second-order valence-electron chi connectivity index (χ2n) is 12.1. The van der Waals surface area contributed by atoms with Gasteiger partial charge in [-0.1, -0.05) is 156 Å². The van der Waals surface area contributed by atoms with Gasteiger partial charge in [-0.15, -0.1) is 0 Å². The molecule has 0 saturated heterocycles. The smallest absolute Gasteiger partial charge is 0.171 e. The van der Waals surface area contributed by atoms with E-state index in [4.69, 9.17) is 0 Å². The molecule has 0 bridgehead atoms. The monoisotopic (exact) mass is 515 g/mol.